The summed E-state index contributed by atoms with van der Waals surface area (Å²) in [6.07, 6.45) is 1.79. The molecule has 1 aromatic rings. The van der Waals surface area contributed by atoms with Gasteiger partial charge in [0.2, 0.25) is 5.91 Å². The maximum absolute atomic E-state index is 11.1. The van der Waals surface area contributed by atoms with Crippen molar-refractivity contribution in [3.63, 3.8) is 0 Å². The van der Waals surface area contributed by atoms with Gasteiger partial charge < -0.3 is 10.6 Å². The van der Waals surface area contributed by atoms with E-state index in [0.29, 0.717) is 6.04 Å². The van der Waals surface area contributed by atoms with E-state index in [-0.39, 0.29) is 5.91 Å². The monoisotopic (exact) mass is 235 g/mol. The average molecular weight is 235 g/mol. The van der Waals surface area contributed by atoms with E-state index in [2.05, 4.69) is 29.5 Å². The van der Waals surface area contributed by atoms with Gasteiger partial charge in [-0.2, -0.15) is 0 Å². The lowest BCUT2D eigenvalue weighted by Gasteiger charge is -2.26. The first-order valence-electron chi connectivity index (χ1n) is 5.83. The minimum Gasteiger partial charge on any atom is -0.368 e. The Morgan fingerprint density at radius 2 is 2.00 bits per heavy atom. The summed E-state index contributed by atoms with van der Waals surface area (Å²) in [5.41, 5.74) is 0.594. The molecule has 4 nitrogen and oxygen atoms in total. The maximum Gasteiger partial charge on any atom is 0.217 e. The van der Waals surface area contributed by atoms with Gasteiger partial charge in [-0.05, 0) is 39.3 Å². The molecule has 0 bridgehead atoms. The third kappa shape index (κ3) is 4.06. The van der Waals surface area contributed by atoms with Gasteiger partial charge in [0.25, 0.3) is 0 Å². The number of amides is 1. The van der Waals surface area contributed by atoms with Gasteiger partial charge in [0.1, 0.15) is 5.82 Å². The molecule has 0 fully saturated rings. The molecule has 1 rings (SSSR count). The van der Waals surface area contributed by atoms with E-state index in [1.807, 2.05) is 26.0 Å². The van der Waals surface area contributed by atoms with Crippen LogP contribution in [0.15, 0.2) is 18.3 Å². The summed E-state index contributed by atoms with van der Waals surface area (Å²) in [5.74, 6) is 0.807. The van der Waals surface area contributed by atoms with Gasteiger partial charge in [0.05, 0.1) is 5.54 Å². The smallest absolute Gasteiger partial charge is 0.217 e. The highest BCUT2D eigenvalue weighted by atomic mass is 16.1. The normalized spacial score (nSPS) is 11.4. The van der Waals surface area contributed by atoms with Gasteiger partial charge >= 0.3 is 0 Å². The van der Waals surface area contributed by atoms with Crippen molar-refractivity contribution >= 4 is 11.7 Å². The highest BCUT2D eigenvalue weighted by molar-refractivity contribution is 5.74. The Balaban J connectivity index is 2.82. The van der Waals surface area contributed by atoms with Crippen LogP contribution in [0.5, 0.6) is 0 Å². The number of hydrogen-bond donors (Lipinski definition) is 2. The molecule has 17 heavy (non-hydrogen) atoms. The third-order valence-electron chi connectivity index (χ3n) is 2.41. The second-order valence-electron chi connectivity index (χ2n) is 5.04. The van der Waals surface area contributed by atoms with Gasteiger partial charge in [-0.25, -0.2) is 4.98 Å². The Morgan fingerprint density at radius 3 is 2.41 bits per heavy atom. The minimum atomic E-state index is -0.394. The zero-order chi connectivity index (χ0) is 13.1. The van der Waals surface area contributed by atoms with E-state index in [4.69, 9.17) is 0 Å². The second kappa shape index (κ2) is 5.17. The van der Waals surface area contributed by atoms with E-state index in [1.54, 1.807) is 6.20 Å². The van der Waals surface area contributed by atoms with Crippen LogP contribution in [0.2, 0.25) is 0 Å². The number of nitrogens with zero attached hydrogens (tertiary/aromatic N) is 1. The Labute approximate surface area is 103 Å². The Hall–Kier alpha value is -1.58. The van der Waals surface area contributed by atoms with Gasteiger partial charge in [-0.3, -0.25) is 4.79 Å². The van der Waals surface area contributed by atoms with Crippen LogP contribution in [0.4, 0.5) is 5.82 Å². The first-order valence-corrected chi connectivity index (χ1v) is 5.83. The average Bonchev–Trinajstić information content (AvgIpc) is 2.15. The summed E-state index contributed by atoms with van der Waals surface area (Å²) < 4.78 is 0. The van der Waals surface area contributed by atoms with E-state index in [9.17, 15) is 4.79 Å². The van der Waals surface area contributed by atoms with Crippen molar-refractivity contribution in [1.82, 2.24) is 10.3 Å². The van der Waals surface area contributed by atoms with Crippen molar-refractivity contribution < 1.29 is 4.79 Å². The summed E-state index contributed by atoms with van der Waals surface area (Å²) in [4.78, 5) is 15.4. The van der Waals surface area contributed by atoms with Crippen molar-refractivity contribution in [2.75, 3.05) is 5.32 Å². The number of pyridine rings is 1. The lowest BCUT2D eigenvalue weighted by atomic mass is 9.96. The van der Waals surface area contributed by atoms with Crippen LogP contribution in [-0.4, -0.2) is 16.9 Å². The number of nitrogens with one attached hydrogen (secondary N) is 2. The quantitative estimate of drug-likeness (QED) is 0.841. The fourth-order valence-electron chi connectivity index (χ4n) is 1.66. The zero-order valence-electron chi connectivity index (χ0n) is 11.2. The first kappa shape index (κ1) is 13.5. The minimum absolute atomic E-state index is 0.0422. The van der Waals surface area contributed by atoms with Gasteiger partial charge in [-0.15, -0.1) is 0 Å². The summed E-state index contributed by atoms with van der Waals surface area (Å²) in [6, 6.07) is 4.27. The maximum atomic E-state index is 11.1. The van der Waals surface area contributed by atoms with Crippen LogP contribution in [0.1, 0.15) is 40.2 Å². The Kier molecular flexibility index (Phi) is 4.10. The highest BCUT2D eigenvalue weighted by Gasteiger charge is 2.21. The topological polar surface area (TPSA) is 54.0 Å². The number of anilines is 1. The fraction of sp³-hybridized carbons (Fsp3) is 0.538. The zero-order valence-corrected chi connectivity index (χ0v) is 11.2. The predicted molar refractivity (Wildman–Crippen MR) is 69.8 cm³/mol. The van der Waals surface area contributed by atoms with Crippen LogP contribution >= 0.6 is 0 Å². The van der Waals surface area contributed by atoms with Crippen molar-refractivity contribution in [3.8, 4) is 0 Å². The lowest BCUT2D eigenvalue weighted by Crippen LogP contribution is -2.39. The molecule has 0 unspecified atom stereocenters. The molecule has 0 aliphatic carbocycles. The number of hydrogen-bond acceptors (Lipinski definition) is 3. The fourth-order valence-corrected chi connectivity index (χ4v) is 1.66. The molecule has 1 aromatic heterocycles. The Morgan fingerprint density at radius 1 is 1.35 bits per heavy atom. The molecular weight excluding hydrogens is 214 g/mol. The summed E-state index contributed by atoms with van der Waals surface area (Å²) >= 11 is 0. The number of carbonyl (C=O) groups excluding carboxylic acids is 1. The molecule has 0 saturated heterocycles. The molecule has 1 heterocycles. The van der Waals surface area contributed by atoms with E-state index in [1.165, 1.54) is 6.92 Å². The van der Waals surface area contributed by atoms with E-state index in [0.717, 1.165) is 11.4 Å². The Bertz CT molecular complexity index is 382. The van der Waals surface area contributed by atoms with Gasteiger partial charge in [0, 0.05) is 19.2 Å². The van der Waals surface area contributed by atoms with Crippen molar-refractivity contribution in [2.45, 2.75) is 46.2 Å². The lowest BCUT2D eigenvalue weighted by molar-refractivity contribution is -0.120. The van der Waals surface area contributed by atoms with Crippen molar-refractivity contribution in [1.29, 1.82) is 0 Å². The number of aromatic nitrogens is 1. The van der Waals surface area contributed by atoms with Crippen LogP contribution in [0.25, 0.3) is 0 Å². The molecule has 4 heteroatoms. The van der Waals surface area contributed by atoms with E-state index >= 15 is 0 Å². The summed E-state index contributed by atoms with van der Waals surface area (Å²) in [5, 5.41) is 6.12. The highest BCUT2D eigenvalue weighted by Crippen LogP contribution is 2.20. The predicted octanol–water partition coefficient (Wildman–Crippen LogP) is 2.27. The first-order chi connectivity index (χ1) is 7.81. The van der Waals surface area contributed by atoms with Crippen molar-refractivity contribution in [2.24, 2.45) is 0 Å². The number of rotatable bonds is 4. The molecule has 0 aliphatic heterocycles. The standard InChI is InChI=1S/C13H21N3O/c1-9(2)15-12-7-6-11(8-14-12)13(4,5)16-10(3)17/h6-9H,1-5H3,(H,14,15)(H,16,17). The van der Waals surface area contributed by atoms with Crippen LogP contribution in [0, 0.1) is 0 Å². The molecule has 0 aliphatic rings. The SMILES string of the molecule is CC(=O)NC(C)(C)c1ccc(NC(C)C)nc1. The van der Waals surface area contributed by atoms with Crippen LogP contribution < -0.4 is 10.6 Å². The summed E-state index contributed by atoms with van der Waals surface area (Å²) in [6.45, 7) is 9.57. The summed E-state index contributed by atoms with van der Waals surface area (Å²) in [7, 11) is 0. The molecule has 0 saturated carbocycles. The van der Waals surface area contributed by atoms with Gasteiger partial charge in [0.15, 0.2) is 0 Å². The molecule has 0 radical (unpaired) electrons. The third-order valence-corrected chi connectivity index (χ3v) is 2.41. The molecule has 1 amide bonds. The number of carbonyl (C=O) groups is 1. The van der Waals surface area contributed by atoms with Crippen LogP contribution in [-0.2, 0) is 10.3 Å². The molecule has 0 spiro atoms. The van der Waals surface area contributed by atoms with E-state index < -0.39 is 5.54 Å². The van der Waals surface area contributed by atoms with Gasteiger partial charge in [-0.1, -0.05) is 6.07 Å². The molecule has 0 atom stereocenters. The molecule has 2 N–H and O–H groups in total. The molecule has 94 valence electrons. The second-order valence-corrected chi connectivity index (χ2v) is 5.04. The van der Waals surface area contributed by atoms with Crippen LogP contribution in [0.3, 0.4) is 0 Å². The molecule has 0 aromatic carbocycles. The van der Waals surface area contributed by atoms with Crippen molar-refractivity contribution in [3.05, 3.63) is 23.9 Å². The molecular formula is C13H21N3O. The largest absolute Gasteiger partial charge is 0.368 e.